The van der Waals surface area contributed by atoms with Crippen molar-refractivity contribution in [3.05, 3.63) is 64.7 Å². The van der Waals surface area contributed by atoms with E-state index in [4.69, 9.17) is 11.6 Å². The van der Waals surface area contributed by atoms with Gasteiger partial charge in [0.2, 0.25) is 5.91 Å². The van der Waals surface area contributed by atoms with Crippen LogP contribution in [0.1, 0.15) is 24.0 Å². The average molecular weight is 409 g/mol. The van der Waals surface area contributed by atoms with Crippen LogP contribution in [0.15, 0.2) is 53.4 Å². The topological polar surface area (TPSA) is 78.4 Å². The molecule has 0 aliphatic carbocycles. The monoisotopic (exact) mass is 408 g/mol. The van der Waals surface area contributed by atoms with Crippen molar-refractivity contribution in [2.75, 3.05) is 13.1 Å². The molecule has 7 heteroatoms. The van der Waals surface area contributed by atoms with Gasteiger partial charge in [-0.15, -0.1) is 0 Å². The highest BCUT2D eigenvalue weighted by molar-refractivity contribution is 7.83. The number of benzene rings is 2. The molecule has 0 heterocycles. The van der Waals surface area contributed by atoms with Crippen LogP contribution in [0.25, 0.3) is 0 Å². The van der Waals surface area contributed by atoms with E-state index >= 15 is 0 Å². The number of amides is 1. The molecule has 3 N–H and O–H groups in total. The number of aliphatic hydroxyl groups is 1. The van der Waals surface area contributed by atoms with E-state index in [2.05, 4.69) is 10.0 Å². The van der Waals surface area contributed by atoms with Crippen LogP contribution in [-0.2, 0) is 22.2 Å². The Morgan fingerprint density at radius 3 is 2.67 bits per heavy atom. The fraction of sp³-hybridized carbons (Fsp3) is 0.350. The van der Waals surface area contributed by atoms with Gasteiger partial charge in [-0.05, 0) is 49.6 Å². The maximum Gasteiger partial charge on any atom is 0.220 e. The minimum Gasteiger partial charge on any atom is -0.392 e. The second kappa shape index (κ2) is 11.2. The molecule has 5 nitrogen and oxygen atoms in total. The second-order valence-electron chi connectivity index (χ2n) is 6.35. The van der Waals surface area contributed by atoms with E-state index in [1.807, 2.05) is 43.3 Å². The molecule has 0 aliphatic heterocycles. The Kier molecular flexibility index (Phi) is 8.94. The average Bonchev–Trinajstić information content (AvgIpc) is 2.65. The minimum absolute atomic E-state index is 0.115. The van der Waals surface area contributed by atoms with Crippen molar-refractivity contribution in [3.8, 4) is 0 Å². The van der Waals surface area contributed by atoms with Crippen molar-refractivity contribution in [2.24, 2.45) is 0 Å². The van der Waals surface area contributed by atoms with Gasteiger partial charge in [0, 0.05) is 24.5 Å². The number of carbonyl (C=O) groups is 1. The van der Waals surface area contributed by atoms with Crippen molar-refractivity contribution in [1.82, 2.24) is 10.0 Å². The summed E-state index contributed by atoms with van der Waals surface area (Å²) in [5.41, 5.74) is 2.16. The number of aliphatic hydroxyl groups excluding tert-OH is 1. The van der Waals surface area contributed by atoms with Gasteiger partial charge in [0.05, 0.1) is 11.0 Å². The lowest BCUT2D eigenvalue weighted by Crippen LogP contribution is -2.31. The van der Waals surface area contributed by atoms with Crippen LogP contribution in [0.4, 0.5) is 0 Å². The zero-order valence-electron chi connectivity index (χ0n) is 15.3. The van der Waals surface area contributed by atoms with E-state index in [1.54, 1.807) is 12.1 Å². The summed E-state index contributed by atoms with van der Waals surface area (Å²) in [7, 11) is -1.38. The summed E-state index contributed by atoms with van der Waals surface area (Å²) in [6.45, 7) is 2.64. The molecule has 0 aliphatic rings. The number of nitrogens with one attached hydrogen (secondary N) is 2. The fourth-order valence-electron chi connectivity index (χ4n) is 2.44. The lowest BCUT2D eigenvalue weighted by Gasteiger charge is -2.12. The molecular weight excluding hydrogens is 384 g/mol. The first-order valence-corrected chi connectivity index (χ1v) is 10.4. The molecule has 2 aromatic carbocycles. The van der Waals surface area contributed by atoms with Crippen molar-refractivity contribution in [1.29, 1.82) is 0 Å². The molecule has 2 aromatic rings. The van der Waals surface area contributed by atoms with E-state index in [9.17, 15) is 14.1 Å². The van der Waals surface area contributed by atoms with Gasteiger partial charge < -0.3 is 10.4 Å². The molecule has 0 saturated heterocycles. The van der Waals surface area contributed by atoms with Gasteiger partial charge >= 0.3 is 0 Å². The van der Waals surface area contributed by atoms with Crippen LogP contribution >= 0.6 is 11.6 Å². The lowest BCUT2D eigenvalue weighted by molar-refractivity contribution is -0.121. The van der Waals surface area contributed by atoms with E-state index in [0.29, 0.717) is 29.3 Å². The minimum atomic E-state index is -1.38. The maximum absolute atomic E-state index is 12.1. The van der Waals surface area contributed by atoms with E-state index in [0.717, 1.165) is 11.1 Å². The number of carbonyl (C=O) groups excluding carboxylic acids is 1. The van der Waals surface area contributed by atoms with Crippen molar-refractivity contribution in [2.45, 2.75) is 37.2 Å². The van der Waals surface area contributed by atoms with Gasteiger partial charge in [0.15, 0.2) is 0 Å². The summed E-state index contributed by atoms with van der Waals surface area (Å²) < 4.78 is 14.9. The van der Waals surface area contributed by atoms with Crippen LogP contribution in [0.5, 0.6) is 0 Å². The molecule has 0 spiro atoms. The molecule has 146 valence electrons. The Balaban J connectivity index is 1.61. The summed E-state index contributed by atoms with van der Waals surface area (Å²) in [6, 6.07) is 14.9. The Labute approximate surface area is 167 Å². The summed E-state index contributed by atoms with van der Waals surface area (Å²) in [5, 5.41) is 13.5. The third-order valence-electron chi connectivity index (χ3n) is 4.01. The molecule has 1 amide bonds. The predicted octanol–water partition coefficient (Wildman–Crippen LogP) is 2.76. The third kappa shape index (κ3) is 8.22. The standard InChI is InChI=1S/C20H25ClN2O3S/c1-15-5-8-19(9-6-15)27(26)23-14-18(24)7-10-20(25)22-12-11-16-3-2-4-17(21)13-16/h2-6,8-9,13,18,23-24H,7,10-12,14H2,1H3,(H,22,25). The van der Waals surface area contributed by atoms with E-state index < -0.39 is 17.1 Å². The summed E-state index contributed by atoms with van der Waals surface area (Å²) in [5.74, 6) is -0.115. The van der Waals surface area contributed by atoms with E-state index in [-0.39, 0.29) is 18.9 Å². The third-order valence-corrected chi connectivity index (χ3v) is 5.38. The Bertz CT molecular complexity index is 768. The molecule has 0 fully saturated rings. The Morgan fingerprint density at radius 1 is 1.22 bits per heavy atom. The van der Waals surface area contributed by atoms with Gasteiger partial charge in [-0.3, -0.25) is 4.79 Å². The molecule has 0 bridgehead atoms. The zero-order chi connectivity index (χ0) is 19.6. The van der Waals surface area contributed by atoms with Crippen molar-refractivity contribution < 1.29 is 14.1 Å². The normalized spacial score (nSPS) is 13.1. The SMILES string of the molecule is Cc1ccc(S(=O)NCC(O)CCC(=O)NCCc2cccc(Cl)c2)cc1. The van der Waals surface area contributed by atoms with Gasteiger partial charge in [-0.25, -0.2) is 8.93 Å². The Hall–Kier alpha value is -1.73. The highest BCUT2D eigenvalue weighted by Crippen LogP contribution is 2.11. The number of halogens is 1. The quantitative estimate of drug-likeness (QED) is 0.565. The predicted molar refractivity (Wildman–Crippen MR) is 109 cm³/mol. The lowest BCUT2D eigenvalue weighted by atomic mass is 10.1. The van der Waals surface area contributed by atoms with E-state index in [1.165, 1.54) is 0 Å². The van der Waals surface area contributed by atoms with Crippen LogP contribution in [0.2, 0.25) is 5.02 Å². The van der Waals surface area contributed by atoms with Gasteiger partial charge in [0.1, 0.15) is 11.0 Å². The van der Waals surface area contributed by atoms with Crippen LogP contribution in [0.3, 0.4) is 0 Å². The fourth-order valence-corrected chi connectivity index (χ4v) is 3.55. The highest BCUT2D eigenvalue weighted by atomic mass is 35.5. The maximum atomic E-state index is 12.1. The van der Waals surface area contributed by atoms with Gasteiger partial charge in [-0.2, -0.15) is 0 Å². The first kappa shape index (κ1) is 21.6. The molecular formula is C20H25ClN2O3S. The number of aryl methyl sites for hydroxylation is 1. The number of rotatable bonds is 10. The largest absolute Gasteiger partial charge is 0.392 e. The first-order chi connectivity index (χ1) is 12.9. The highest BCUT2D eigenvalue weighted by Gasteiger charge is 2.10. The van der Waals surface area contributed by atoms with Gasteiger partial charge in [-0.1, -0.05) is 41.4 Å². The summed E-state index contributed by atoms with van der Waals surface area (Å²) in [4.78, 5) is 12.5. The van der Waals surface area contributed by atoms with Crippen molar-refractivity contribution >= 4 is 28.5 Å². The van der Waals surface area contributed by atoms with Crippen LogP contribution in [0, 0.1) is 6.92 Å². The van der Waals surface area contributed by atoms with Crippen molar-refractivity contribution in [3.63, 3.8) is 0 Å². The summed E-state index contributed by atoms with van der Waals surface area (Å²) >= 11 is 5.93. The van der Waals surface area contributed by atoms with Crippen LogP contribution < -0.4 is 10.0 Å². The number of hydrogen-bond acceptors (Lipinski definition) is 3. The van der Waals surface area contributed by atoms with Gasteiger partial charge in [0.25, 0.3) is 0 Å². The smallest absolute Gasteiger partial charge is 0.220 e. The first-order valence-electron chi connectivity index (χ1n) is 8.85. The molecule has 0 aromatic heterocycles. The molecule has 0 saturated carbocycles. The molecule has 0 radical (unpaired) electrons. The summed E-state index contributed by atoms with van der Waals surface area (Å²) in [6.07, 6.45) is 0.487. The molecule has 27 heavy (non-hydrogen) atoms. The second-order valence-corrected chi connectivity index (χ2v) is 8.09. The number of hydrogen-bond donors (Lipinski definition) is 3. The Morgan fingerprint density at radius 2 is 1.96 bits per heavy atom. The molecule has 2 atom stereocenters. The zero-order valence-corrected chi connectivity index (χ0v) is 16.9. The van der Waals surface area contributed by atoms with Crippen LogP contribution in [-0.4, -0.2) is 34.4 Å². The molecule has 2 rings (SSSR count). The molecule has 2 unspecified atom stereocenters.